The van der Waals surface area contributed by atoms with Gasteiger partial charge in [-0.15, -0.1) is 0 Å². The van der Waals surface area contributed by atoms with Crippen LogP contribution < -0.4 is 4.46 Å². The third-order valence-corrected chi connectivity index (χ3v) is 3.69. The zero-order valence-corrected chi connectivity index (χ0v) is 11.0. The van der Waals surface area contributed by atoms with Gasteiger partial charge in [0.2, 0.25) is 0 Å². The van der Waals surface area contributed by atoms with E-state index >= 15 is 0 Å². The normalized spacial score (nSPS) is 11.9. The Morgan fingerprint density at radius 3 is 2.50 bits per heavy atom. The predicted octanol–water partition coefficient (Wildman–Crippen LogP) is 0.884. The second kappa shape index (κ2) is 6.46. The summed E-state index contributed by atoms with van der Waals surface area (Å²) in [6, 6.07) is 9.63. The van der Waals surface area contributed by atoms with Crippen LogP contribution in [0.1, 0.15) is 20.3 Å². The first kappa shape index (κ1) is 12.9. The maximum absolute atomic E-state index is 11.6. The molecule has 1 aromatic carbocycles. The van der Waals surface area contributed by atoms with Gasteiger partial charge >= 0.3 is 101 Å². The second-order valence-electron chi connectivity index (χ2n) is 3.41. The van der Waals surface area contributed by atoms with Gasteiger partial charge in [0.25, 0.3) is 0 Å². The van der Waals surface area contributed by atoms with Crippen molar-refractivity contribution in [3.8, 4) is 0 Å². The zero-order chi connectivity index (χ0) is 12.0. The molecule has 0 spiro atoms. The molecule has 0 saturated heterocycles. The van der Waals surface area contributed by atoms with Gasteiger partial charge in [-0.3, -0.25) is 0 Å². The predicted molar refractivity (Wildman–Crippen MR) is 62.7 cm³/mol. The molecule has 1 atom stereocenters. The molecule has 1 aromatic rings. The van der Waals surface area contributed by atoms with E-state index in [2.05, 4.69) is 0 Å². The number of esters is 1. The summed E-state index contributed by atoms with van der Waals surface area (Å²) in [5.74, 6) is -0.340. The molecule has 0 bridgehead atoms. The summed E-state index contributed by atoms with van der Waals surface area (Å²) in [6.45, 7) is 3.09. The fourth-order valence-electron chi connectivity index (χ4n) is 1.22. The molecule has 0 N–H and O–H groups in total. The van der Waals surface area contributed by atoms with E-state index in [9.17, 15) is 9.59 Å². The van der Waals surface area contributed by atoms with Gasteiger partial charge in [0.05, 0.1) is 0 Å². The Morgan fingerprint density at radius 1 is 1.31 bits per heavy atom. The summed E-state index contributed by atoms with van der Waals surface area (Å²) in [4.78, 5) is 22.3. The Kier molecular flexibility index (Phi) is 5.23. The zero-order valence-electron chi connectivity index (χ0n) is 9.30. The first-order valence-corrected chi connectivity index (χ1v) is 6.72. The van der Waals surface area contributed by atoms with Gasteiger partial charge in [-0.1, -0.05) is 0 Å². The van der Waals surface area contributed by atoms with Crippen LogP contribution in [0.5, 0.6) is 0 Å². The summed E-state index contributed by atoms with van der Waals surface area (Å²) in [5.41, 5.74) is 0. The van der Waals surface area contributed by atoms with E-state index in [0.29, 0.717) is 6.42 Å². The molecular formula is C12H14O3Se. The van der Waals surface area contributed by atoms with Crippen LogP contribution in [0.25, 0.3) is 0 Å². The molecule has 0 radical (unpaired) electrons. The molecule has 0 amide bonds. The number of rotatable bonds is 5. The number of benzene rings is 1. The molecule has 0 saturated carbocycles. The summed E-state index contributed by atoms with van der Waals surface area (Å²) in [7, 11) is 0. The third kappa shape index (κ3) is 5.10. The molecule has 1 unspecified atom stereocenters. The van der Waals surface area contributed by atoms with Crippen molar-refractivity contribution in [1.82, 2.24) is 0 Å². The van der Waals surface area contributed by atoms with Crippen molar-refractivity contribution in [2.24, 2.45) is 0 Å². The van der Waals surface area contributed by atoms with Crippen LogP contribution in [0.15, 0.2) is 30.3 Å². The first-order valence-electron chi connectivity index (χ1n) is 5.01. The Balaban J connectivity index is 2.39. The molecule has 0 fully saturated rings. The maximum atomic E-state index is 11.6. The van der Waals surface area contributed by atoms with Crippen LogP contribution in [0.2, 0.25) is 0 Å². The molecular weight excluding hydrogens is 271 g/mol. The van der Waals surface area contributed by atoms with Crippen molar-refractivity contribution in [3.05, 3.63) is 30.3 Å². The van der Waals surface area contributed by atoms with Crippen LogP contribution >= 0.6 is 0 Å². The molecule has 86 valence electrons. The van der Waals surface area contributed by atoms with E-state index in [1.54, 1.807) is 6.92 Å². The molecule has 0 aliphatic carbocycles. The first-order chi connectivity index (χ1) is 7.58. The Morgan fingerprint density at radius 2 is 1.94 bits per heavy atom. The van der Waals surface area contributed by atoms with Gasteiger partial charge in [0, 0.05) is 0 Å². The van der Waals surface area contributed by atoms with E-state index in [1.165, 1.54) is 6.92 Å². The number of carbonyl (C=O) groups is 2. The monoisotopic (exact) mass is 286 g/mol. The Labute approximate surface area is 101 Å². The number of hydrogen-bond donors (Lipinski definition) is 0. The van der Waals surface area contributed by atoms with Crippen molar-refractivity contribution in [2.75, 3.05) is 0 Å². The average molecular weight is 285 g/mol. The van der Waals surface area contributed by atoms with Crippen molar-refractivity contribution in [2.45, 2.75) is 26.4 Å². The molecule has 0 aromatic heterocycles. The van der Waals surface area contributed by atoms with E-state index in [1.807, 2.05) is 30.3 Å². The average Bonchev–Trinajstić information content (AvgIpc) is 2.17. The number of carbonyl (C=O) groups excluding carboxylic acids is 2. The minimum absolute atomic E-state index is 0.146. The molecule has 4 heteroatoms. The van der Waals surface area contributed by atoms with Crippen molar-refractivity contribution in [3.63, 3.8) is 0 Å². The quantitative estimate of drug-likeness (QED) is 0.596. The van der Waals surface area contributed by atoms with Gasteiger partial charge in [0.1, 0.15) is 0 Å². The molecule has 0 aliphatic heterocycles. The number of hydrogen-bond acceptors (Lipinski definition) is 3. The fraction of sp³-hybridized carbons (Fsp3) is 0.333. The van der Waals surface area contributed by atoms with Gasteiger partial charge in [0.15, 0.2) is 0 Å². The topological polar surface area (TPSA) is 43.4 Å². The minimum atomic E-state index is -0.340. The molecule has 1 rings (SSSR count). The van der Waals surface area contributed by atoms with Crippen LogP contribution in [0, 0.1) is 0 Å². The molecule has 0 heterocycles. The molecule has 3 nitrogen and oxygen atoms in total. The SMILES string of the molecule is CC(=O)OC(C)CC(=O)[Se]c1ccccc1. The van der Waals surface area contributed by atoms with Crippen molar-refractivity contribution < 1.29 is 14.3 Å². The van der Waals surface area contributed by atoms with Crippen LogP contribution in [0.4, 0.5) is 0 Å². The van der Waals surface area contributed by atoms with Crippen molar-refractivity contribution >= 4 is 30.1 Å². The summed E-state index contributed by atoms with van der Waals surface area (Å²) >= 11 is -0.185. The van der Waals surface area contributed by atoms with Gasteiger partial charge in [-0.05, 0) is 0 Å². The van der Waals surface area contributed by atoms with Crippen LogP contribution in [-0.4, -0.2) is 31.7 Å². The third-order valence-electron chi connectivity index (χ3n) is 1.80. The van der Waals surface area contributed by atoms with Gasteiger partial charge in [-0.2, -0.15) is 0 Å². The second-order valence-corrected chi connectivity index (χ2v) is 5.78. The van der Waals surface area contributed by atoms with Crippen molar-refractivity contribution in [1.29, 1.82) is 0 Å². The Hall–Kier alpha value is -1.12. The van der Waals surface area contributed by atoms with Gasteiger partial charge < -0.3 is 0 Å². The van der Waals surface area contributed by atoms with E-state index < -0.39 is 0 Å². The number of ether oxygens (including phenoxy) is 1. The summed E-state index contributed by atoms with van der Waals surface area (Å²) in [5, 5.41) is 0. The molecule has 0 aliphatic rings. The summed E-state index contributed by atoms with van der Waals surface area (Å²) < 4.78 is 6.11. The van der Waals surface area contributed by atoms with Crippen LogP contribution in [-0.2, 0) is 14.3 Å². The fourth-order valence-corrected chi connectivity index (χ4v) is 3.06. The van der Waals surface area contributed by atoms with E-state index in [0.717, 1.165) is 4.46 Å². The van der Waals surface area contributed by atoms with E-state index in [4.69, 9.17) is 4.74 Å². The standard InChI is InChI=1S/C12H14O3Se/c1-9(15-10(2)13)8-12(14)16-11-6-4-3-5-7-11/h3-7,9H,8H2,1-2H3. The molecule has 16 heavy (non-hydrogen) atoms. The van der Waals surface area contributed by atoms with Gasteiger partial charge in [-0.25, -0.2) is 0 Å². The van der Waals surface area contributed by atoms with Crippen LogP contribution in [0.3, 0.4) is 0 Å². The Bertz CT molecular complexity index is 362. The van der Waals surface area contributed by atoms with E-state index in [-0.39, 0.29) is 31.7 Å². The summed E-state index contributed by atoms with van der Waals surface area (Å²) in [6.07, 6.45) is -0.0235.